The lowest BCUT2D eigenvalue weighted by Crippen LogP contribution is -2.11. The molecule has 0 radical (unpaired) electrons. The van der Waals surface area contributed by atoms with E-state index in [4.69, 9.17) is 20.8 Å². The third kappa shape index (κ3) is 4.37. The molecule has 2 aromatic carbocycles. The number of aromatic nitrogens is 5. The molecule has 0 aliphatic carbocycles. The number of carbonyl (C=O) groups excluding carboxylic acids is 1. The molecule has 3 heterocycles. The summed E-state index contributed by atoms with van der Waals surface area (Å²) in [5, 5.41) is 16.9. The molecule has 0 bridgehead atoms. The third-order valence-electron chi connectivity index (χ3n) is 4.78. The van der Waals surface area contributed by atoms with Gasteiger partial charge in [-0.15, -0.1) is 10.2 Å². The molecule has 1 amide bonds. The van der Waals surface area contributed by atoms with Crippen molar-refractivity contribution in [1.82, 2.24) is 25.6 Å². The van der Waals surface area contributed by atoms with Crippen molar-refractivity contribution in [3.63, 3.8) is 0 Å². The Morgan fingerprint density at radius 3 is 2.76 bits per heavy atom. The maximum absolute atomic E-state index is 14.6. The van der Waals surface area contributed by atoms with Crippen molar-refractivity contribution in [1.29, 1.82) is 0 Å². The molecule has 0 aliphatic rings. The molecule has 5 aromatic rings. The normalized spacial score (nSPS) is 11.0. The van der Waals surface area contributed by atoms with E-state index in [0.717, 1.165) is 5.69 Å². The number of fused-ring (bicyclic) bond motifs is 1. The molecule has 9 nitrogen and oxygen atoms in total. The van der Waals surface area contributed by atoms with Gasteiger partial charge >= 0.3 is 0 Å². The van der Waals surface area contributed by atoms with Crippen molar-refractivity contribution in [3.8, 4) is 17.1 Å². The van der Waals surface area contributed by atoms with Gasteiger partial charge in [0.2, 0.25) is 5.82 Å². The summed E-state index contributed by atoms with van der Waals surface area (Å²) in [7, 11) is 0. The van der Waals surface area contributed by atoms with Gasteiger partial charge in [-0.1, -0.05) is 11.6 Å². The number of tetrazole rings is 1. The highest BCUT2D eigenvalue weighted by atomic mass is 35.5. The number of furan rings is 1. The first-order valence-electron chi connectivity index (χ1n) is 9.66. The van der Waals surface area contributed by atoms with E-state index in [9.17, 15) is 9.18 Å². The van der Waals surface area contributed by atoms with Gasteiger partial charge in [0.25, 0.3) is 5.91 Å². The van der Waals surface area contributed by atoms with Crippen LogP contribution >= 0.6 is 11.6 Å². The molecule has 0 aliphatic heterocycles. The number of amides is 1. The number of pyridine rings is 1. The van der Waals surface area contributed by atoms with E-state index in [1.807, 2.05) is 0 Å². The highest BCUT2D eigenvalue weighted by molar-refractivity contribution is 6.30. The largest absolute Gasteiger partial charge is 0.487 e. The van der Waals surface area contributed by atoms with Crippen LogP contribution in [0.5, 0.6) is 5.75 Å². The number of halogens is 2. The van der Waals surface area contributed by atoms with Crippen molar-refractivity contribution in [2.24, 2.45) is 0 Å². The summed E-state index contributed by atoms with van der Waals surface area (Å²) >= 11 is 5.82. The minimum absolute atomic E-state index is 0.0888. The zero-order valence-electron chi connectivity index (χ0n) is 16.8. The minimum atomic E-state index is -0.601. The number of hydrogen-bond donors (Lipinski definition) is 2. The quantitative estimate of drug-likeness (QED) is 0.376. The Morgan fingerprint density at radius 2 is 2.03 bits per heavy atom. The first kappa shape index (κ1) is 20.6. The van der Waals surface area contributed by atoms with Gasteiger partial charge in [0.1, 0.15) is 30.0 Å². The van der Waals surface area contributed by atoms with E-state index < -0.39 is 11.7 Å². The number of nitrogens with zero attached hydrogens (tertiary/aromatic N) is 4. The van der Waals surface area contributed by atoms with Gasteiger partial charge in [-0.25, -0.2) is 4.39 Å². The Kier molecular flexibility index (Phi) is 5.41. The molecule has 5 rings (SSSR count). The number of carbonyl (C=O) groups is 1. The molecular formula is C22H14ClFN6O3. The fourth-order valence-corrected chi connectivity index (χ4v) is 3.26. The van der Waals surface area contributed by atoms with Gasteiger partial charge in [-0.3, -0.25) is 9.78 Å². The number of H-pyrrole nitrogens is 1. The predicted octanol–water partition coefficient (Wildman–Crippen LogP) is 4.63. The van der Waals surface area contributed by atoms with E-state index in [1.54, 1.807) is 42.6 Å². The van der Waals surface area contributed by atoms with Crippen LogP contribution in [0.1, 0.15) is 16.1 Å². The summed E-state index contributed by atoms with van der Waals surface area (Å²) in [5.41, 5.74) is 1.90. The Labute approximate surface area is 190 Å². The molecule has 0 spiro atoms. The molecule has 0 unspecified atom stereocenters. The Hall–Kier alpha value is -4.31. The monoisotopic (exact) mass is 464 g/mol. The molecule has 3 aromatic heterocycles. The van der Waals surface area contributed by atoms with Gasteiger partial charge in [0.05, 0.1) is 21.8 Å². The smallest absolute Gasteiger partial charge is 0.259 e. The first-order chi connectivity index (χ1) is 16.1. The van der Waals surface area contributed by atoms with Gasteiger partial charge in [0.15, 0.2) is 0 Å². The second kappa shape index (κ2) is 8.67. The number of ether oxygens (including phenoxy) is 1. The lowest BCUT2D eigenvalue weighted by Gasteiger charge is -2.08. The van der Waals surface area contributed by atoms with Crippen LogP contribution in [0.2, 0.25) is 5.02 Å². The standard InChI is InChI=1S/C22H14ClFN6O3/c23-12-1-2-14(25-9-12)10-32-15-5-3-13(4-6-15)26-22(31)18-11-33-20-8-17(19(24)7-16(18)20)21-27-29-30-28-21/h1-9,11H,10H2,(H,26,31)(H,27,28,29,30). The van der Waals surface area contributed by atoms with Gasteiger partial charge < -0.3 is 14.5 Å². The molecule has 33 heavy (non-hydrogen) atoms. The summed E-state index contributed by atoms with van der Waals surface area (Å²) in [4.78, 5) is 16.9. The molecular weight excluding hydrogens is 451 g/mol. The van der Waals surface area contributed by atoms with Crippen molar-refractivity contribution >= 4 is 34.2 Å². The predicted molar refractivity (Wildman–Crippen MR) is 117 cm³/mol. The molecule has 11 heteroatoms. The fraction of sp³-hybridized carbons (Fsp3) is 0.0455. The van der Waals surface area contributed by atoms with Crippen molar-refractivity contribution in [2.75, 3.05) is 5.32 Å². The lowest BCUT2D eigenvalue weighted by molar-refractivity contribution is 0.102. The average Bonchev–Trinajstić information content (AvgIpc) is 3.49. The summed E-state index contributed by atoms with van der Waals surface area (Å²) in [5.74, 6) is -0.351. The number of benzene rings is 2. The maximum Gasteiger partial charge on any atom is 0.259 e. The van der Waals surface area contributed by atoms with Crippen LogP contribution in [0.3, 0.4) is 0 Å². The fourth-order valence-electron chi connectivity index (χ4n) is 3.15. The Bertz CT molecular complexity index is 1420. The van der Waals surface area contributed by atoms with Crippen LogP contribution in [0.25, 0.3) is 22.4 Å². The van der Waals surface area contributed by atoms with E-state index in [1.165, 1.54) is 18.4 Å². The third-order valence-corrected chi connectivity index (χ3v) is 5.01. The molecule has 0 atom stereocenters. The first-order valence-corrected chi connectivity index (χ1v) is 10.0. The average molecular weight is 465 g/mol. The van der Waals surface area contributed by atoms with E-state index >= 15 is 0 Å². The maximum atomic E-state index is 14.6. The highest BCUT2D eigenvalue weighted by Gasteiger charge is 2.19. The summed E-state index contributed by atoms with van der Waals surface area (Å²) in [6.45, 7) is 0.279. The topological polar surface area (TPSA) is 119 Å². The summed E-state index contributed by atoms with van der Waals surface area (Å²) in [6.07, 6.45) is 2.83. The van der Waals surface area contributed by atoms with E-state index in [2.05, 4.69) is 30.9 Å². The molecule has 0 saturated heterocycles. The highest BCUT2D eigenvalue weighted by Crippen LogP contribution is 2.29. The second-order valence-corrected chi connectivity index (χ2v) is 7.38. The summed E-state index contributed by atoms with van der Waals surface area (Å²) < 4.78 is 25.7. The Morgan fingerprint density at radius 1 is 1.18 bits per heavy atom. The molecule has 2 N–H and O–H groups in total. The van der Waals surface area contributed by atoms with Crippen LogP contribution in [-0.4, -0.2) is 31.5 Å². The molecule has 164 valence electrons. The number of aromatic amines is 1. The number of hydrogen-bond acceptors (Lipinski definition) is 7. The van der Waals surface area contributed by atoms with Crippen LogP contribution in [0.4, 0.5) is 10.1 Å². The number of anilines is 1. The van der Waals surface area contributed by atoms with E-state index in [0.29, 0.717) is 27.4 Å². The molecule has 0 saturated carbocycles. The zero-order valence-corrected chi connectivity index (χ0v) is 17.5. The Balaban J connectivity index is 1.28. The van der Waals surface area contributed by atoms with Crippen LogP contribution in [-0.2, 0) is 6.61 Å². The van der Waals surface area contributed by atoms with Crippen molar-refractivity contribution < 1.29 is 18.3 Å². The van der Waals surface area contributed by atoms with Gasteiger partial charge in [-0.2, -0.15) is 5.21 Å². The summed E-state index contributed by atoms with van der Waals surface area (Å²) in [6, 6.07) is 13.0. The lowest BCUT2D eigenvalue weighted by atomic mass is 10.1. The van der Waals surface area contributed by atoms with Gasteiger partial charge in [0, 0.05) is 17.3 Å². The van der Waals surface area contributed by atoms with Crippen LogP contribution in [0.15, 0.2) is 65.4 Å². The van der Waals surface area contributed by atoms with Crippen molar-refractivity contribution in [2.45, 2.75) is 6.61 Å². The second-order valence-electron chi connectivity index (χ2n) is 6.95. The van der Waals surface area contributed by atoms with Crippen LogP contribution < -0.4 is 10.1 Å². The van der Waals surface area contributed by atoms with Crippen molar-refractivity contribution in [3.05, 3.63) is 83.1 Å². The van der Waals surface area contributed by atoms with E-state index in [-0.39, 0.29) is 23.6 Å². The molecule has 0 fully saturated rings. The SMILES string of the molecule is O=C(Nc1ccc(OCc2ccc(Cl)cn2)cc1)c1coc2cc(-c3nn[nH]n3)c(F)cc12. The number of nitrogens with one attached hydrogen (secondary N) is 2. The zero-order chi connectivity index (χ0) is 22.8. The minimum Gasteiger partial charge on any atom is -0.487 e. The van der Waals surface area contributed by atoms with Crippen LogP contribution in [0, 0.1) is 5.82 Å². The van der Waals surface area contributed by atoms with Gasteiger partial charge in [-0.05, 0) is 53.7 Å². The number of rotatable bonds is 6.